The van der Waals surface area contributed by atoms with Crippen LogP contribution in [0.4, 0.5) is 24.7 Å². The predicted octanol–water partition coefficient (Wildman–Crippen LogP) is 3.23. The van der Waals surface area contributed by atoms with E-state index in [1.165, 1.54) is 6.07 Å². The Kier molecular flexibility index (Phi) is 4.50. The minimum Gasteiger partial charge on any atom is -0.478 e. The third-order valence-electron chi connectivity index (χ3n) is 2.97. The second-order valence-electron chi connectivity index (χ2n) is 4.56. The number of nitriles is 1. The highest BCUT2D eigenvalue weighted by molar-refractivity contribution is 5.95. The summed E-state index contributed by atoms with van der Waals surface area (Å²) in [5, 5.41) is 20.5. The first-order valence-electron chi connectivity index (χ1n) is 6.34. The van der Waals surface area contributed by atoms with Crippen LogP contribution in [0, 0.1) is 11.3 Å². The number of anilines is 2. The SMILES string of the molecule is N#Cc1cc(C(=O)O)c(Nc2cccc(C(F)(F)F)c2)nc1C=O. The van der Waals surface area contributed by atoms with Crippen LogP contribution in [0.25, 0.3) is 0 Å². The van der Waals surface area contributed by atoms with Gasteiger partial charge in [-0.05, 0) is 24.3 Å². The summed E-state index contributed by atoms with van der Waals surface area (Å²) in [4.78, 5) is 25.9. The van der Waals surface area contributed by atoms with E-state index in [2.05, 4.69) is 10.3 Å². The molecule has 1 aromatic carbocycles. The Bertz CT molecular complexity index is 857. The van der Waals surface area contributed by atoms with Crippen LogP contribution in [-0.2, 0) is 6.18 Å². The number of nitrogens with one attached hydrogen (secondary N) is 1. The Morgan fingerprint density at radius 3 is 2.58 bits per heavy atom. The maximum atomic E-state index is 12.7. The highest BCUT2D eigenvalue weighted by Crippen LogP contribution is 2.31. The number of carbonyl (C=O) groups excluding carboxylic acids is 1. The van der Waals surface area contributed by atoms with Crippen molar-refractivity contribution in [1.29, 1.82) is 5.26 Å². The number of halogens is 3. The molecule has 9 heteroatoms. The average Bonchev–Trinajstić information content (AvgIpc) is 2.53. The largest absolute Gasteiger partial charge is 0.478 e. The van der Waals surface area contributed by atoms with Crippen molar-refractivity contribution < 1.29 is 27.9 Å². The fraction of sp³-hybridized carbons (Fsp3) is 0.0667. The van der Waals surface area contributed by atoms with Crippen LogP contribution in [0.2, 0.25) is 0 Å². The zero-order valence-electron chi connectivity index (χ0n) is 11.8. The Morgan fingerprint density at radius 2 is 2.04 bits per heavy atom. The lowest BCUT2D eigenvalue weighted by atomic mass is 10.1. The number of alkyl halides is 3. The Morgan fingerprint density at radius 1 is 1.33 bits per heavy atom. The number of aromatic carboxylic acids is 1. The van der Waals surface area contributed by atoms with Crippen LogP contribution in [0.1, 0.15) is 32.0 Å². The zero-order valence-corrected chi connectivity index (χ0v) is 11.8. The van der Waals surface area contributed by atoms with Crippen molar-refractivity contribution in [1.82, 2.24) is 4.98 Å². The molecule has 0 fully saturated rings. The van der Waals surface area contributed by atoms with Crippen LogP contribution >= 0.6 is 0 Å². The van der Waals surface area contributed by atoms with Gasteiger partial charge in [0.1, 0.15) is 23.1 Å². The van der Waals surface area contributed by atoms with E-state index in [1.807, 2.05) is 0 Å². The molecule has 6 nitrogen and oxygen atoms in total. The summed E-state index contributed by atoms with van der Waals surface area (Å²) in [6, 6.07) is 6.59. The summed E-state index contributed by atoms with van der Waals surface area (Å²) in [5.74, 6) is -1.80. The molecule has 0 saturated heterocycles. The molecule has 0 unspecified atom stereocenters. The molecule has 0 bridgehead atoms. The molecule has 1 aromatic heterocycles. The molecule has 2 aromatic rings. The van der Waals surface area contributed by atoms with Gasteiger partial charge >= 0.3 is 12.1 Å². The van der Waals surface area contributed by atoms with Crippen molar-refractivity contribution >= 4 is 23.8 Å². The second-order valence-corrected chi connectivity index (χ2v) is 4.56. The molecule has 24 heavy (non-hydrogen) atoms. The van der Waals surface area contributed by atoms with Gasteiger partial charge in [0, 0.05) is 5.69 Å². The van der Waals surface area contributed by atoms with Crippen molar-refractivity contribution in [3.8, 4) is 6.07 Å². The van der Waals surface area contributed by atoms with Gasteiger partial charge in [-0.2, -0.15) is 18.4 Å². The number of hydrogen-bond acceptors (Lipinski definition) is 5. The van der Waals surface area contributed by atoms with Crippen LogP contribution in [0.15, 0.2) is 30.3 Å². The Balaban J connectivity index is 2.51. The van der Waals surface area contributed by atoms with Crippen molar-refractivity contribution in [2.24, 2.45) is 0 Å². The lowest BCUT2D eigenvalue weighted by molar-refractivity contribution is -0.137. The van der Waals surface area contributed by atoms with Gasteiger partial charge in [0.05, 0.1) is 11.1 Å². The van der Waals surface area contributed by atoms with Gasteiger partial charge < -0.3 is 10.4 Å². The third-order valence-corrected chi connectivity index (χ3v) is 2.97. The number of carboxylic acid groups (broad SMARTS) is 1. The van der Waals surface area contributed by atoms with Gasteiger partial charge in [-0.25, -0.2) is 9.78 Å². The minimum absolute atomic E-state index is 0.0682. The Hall–Kier alpha value is -3.41. The monoisotopic (exact) mass is 335 g/mol. The second kappa shape index (κ2) is 6.37. The summed E-state index contributed by atoms with van der Waals surface area (Å²) in [5.41, 5.74) is -2.03. The maximum absolute atomic E-state index is 12.7. The number of rotatable bonds is 4. The molecule has 0 amide bonds. The molecule has 2 rings (SSSR count). The fourth-order valence-corrected chi connectivity index (χ4v) is 1.88. The summed E-state index contributed by atoms with van der Waals surface area (Å²) in [6.07, 6.45) is -4.32. The lowest BCUT2D eigenvalue weighted by Gasteiger charge is -2.12. The molecule has 0 aliphatic rings. The molecule has 0 aliphatic carbocycles. The average molecular weight is 335 g/mol. The molecule has 0 spiro atoms. The van der Waals surface area contributed by atoms with Gasteiger partial charge in [-0.3, -0.25) is 4.79 Å². The van der Waals surface area contributed by atoms with Gasteiger partial charge in [-0.1, -0.05) is 6.07 Å². The van der Waals surface area contributed by atoms with E-state index in [-0.39, 0.29) is 29.0 Å². The highest BCUT2D eigenvalue weighted by Gasteiger charge is 2.30. The fourth-order valence-electron chi connectivity index (χ4n) is 1.88. The smallest absolute Gasteiger partial charge is 0.416 e. The first-order valence-corrected chi connectivity index (χ1v) is 6.34. The van der Waals surface area contributed by atoms with Crippen molar-refractivity contribution in [2.75, 3.05) is 5.32 Å². The molecule has 1 heterocycles. The van der Waals surface area contributed by atoms with E-state index >= 15 is 0 Å². The van der Waals surface area contributed by atoms with E-state index in [0.717, 1.165) is 24.3 Å². The number of carbonyl (C=O) groups is 2. The number of carboxylic acids is 1. The summed E-state index contributed by atoms with van der Waals surface area (Å²) < 4.78 is 38.1. The molecule has 0 atom stereocenters. The minimum atomic E-state index is -4.57. The number of pyridine rings is 1. The first-order chi connectivity index (χ1) is 11.3. The van der Waals surface area contributed by atoms with Crippen LogP contribution in [0.5, 0.6) is 0 Å². The highest BCUT2D eigenvalue weighted by atomic mass is 19.4. The van der Waals surface area contributed by atoms with Crippen molar-refractivity contribution in [3.63, 3.8) is 0 Å². The summed E-state index contributed by atoms with van der Waals surface area (Å²) in [6.45, 7) is 0. The predicted molar refractivity (Wildman–Crippen MR) is 76.0 cm³/mol. The van der Waals surface area contributed by atoms with E-state index < -0.39 is 23.3 Å². The van der Waals surface area contributed by atoms with Crippen molar-refractivity contribution in [3.05, 3.63) is 52.7 Å². The van der Waals surface area contributed by atoms with Crippen LogP contribution in [-0.4, -0.2) is 22.3 Å². The number of hydrogen-bond donors (Lipinski definition) is 2. The quantitative estimate of drug-likeness (QED) is 0.832. The van der Waals surface area contributed by atoms with E-state index in [9.17, 15) is 22.8 Å². The molecule has 0 aliphatic heterocycles. The van der Waals surface area contributed by atoms with E-state index in [1.54, 1.807) is 6.07 Å². The molecule has 0 radical (unpaired) electrons. The third kappa shape index (κ3) is 3.49. The zero-order chi connectivity index (χ0) is 17.9. The molecular formula is C15H8F3N3O3. The van der Waals surface area contributed by atoms with Gasteiger partial charge in [0.15, 0.2) is 6.29 Å². The van der Waals surface area contributed by atoms with E-state index in [0.29, 0.717) is 0 Å². The van der Waals surface area contributed by atoms with Gasteiger partial charge in [0.2, 0.25) is 0 Å². The Labute approximate surface area is 133 Å². The number of aldehydes is 1. The topological polar surface area (TPSA) is 103 Å². The van der Waals surface area contributed by atoms with Crippen LogP contribution < -0.4 is 5.32 Å². The molecular weight excluding hydrogens is 327 g/mol. The van der Waals surface area contributed by atoms with E-state index in [4.69, 9.17) is 10.4 Å². The standard InChI is InChI=1S/C15H8F3N3O3/c16-15(17,18)9-2-1-3-10(5-9)20-13-11(14(23)24)4-8(6-19)12(7-22)21-13/h1-5,7H,(H,20,21)(H,23,24). The maximum Gasteiger partial charge on any atom is 0.416 e. The number of benzene rings is 1. The number of aromatic nitrogens is 1. The number of nitrogens with zero attached hydrogens (tertiary/aromatic N) is 2. The molecule has 2 N–H and O–H groups in total. The normalized spacial score (nSPS) is 10.8. The summed E-state index contributed by atoms with van der Waals surface area (Å²) in [7, 11) is 0. The molecule has 122 valence electrons. The first kappa shape index (κ1) is 17.0. The molecule has 0 saturated carbocycles. The van der Waals surface area contributed by atoms with Gasteiger partial charge in [-0.15, -0.1) is 0 Å². The summed E-state index contributed by atoms with van der Waals surface area (Å²) >= 11 is 0. The lowest BCUT2D eigenvalue weighted by Crippen LogP contribution is -2.09. The van der Waals surface area contributed by atoms with Crippen molar-refractivity contribution in [2.45, 2.75) is 6.18 Å². The van der Waals surface area contributed by atoms with Gasteiger partial charge in [0.25, 0.3) is 0 Å². The van der Waals surface area contributed by atoms with Crippen LogP contribution in [0.3, 0.4) is 0 Å².